The maximum Gasteiger partial charge on any atom is 0.218 e. The second kappa shape index (κ2) is 8.65. The van der Waals surface area contributed by atoms with Crippen LogP contribution in [0.15, 0.2) is 49.1 Å². The first kappa shape index (κ1) is 19.0. The highest BCUT2D eigenvalue weighted by Crippen LogP contribution is 2.28. The molecular weight excluding hydrogens is 315 g/mol. The highest BCUT2D eigenvalue weighted by atomic mass is 19.1. The van der Waals surface area contributed by atoms with Crippen molar-refractivity contribution in [2.75, 3.05) is 0 Å². The Morgan fingerprint density at radius 1 is 1.32 bits per heavy atom. The van der Waals surface area contributed by atoms with Crippen LogP contribution < -0.4 is 4.74 Å². The van der Waals surface area contributed by atoms with E-state index in [0.29, 0.717) is 30.0 Å². The van der Waals surface area contributed by atoms with Crippen LogP contribution in [0, 0.1) is 17.7 Å². The predicted molar refractivity (Wildman–Crippen MR) is 101 cm³/mol. The van der Waals surface area contributed by atoms with E-state index in [4.69, 9.17) is 4.74 Å². The number of ether oxygens (including phenoxy) is 1. The number of hydrogen-bond donors (Lipinski definition) is 0. The van der Waals surface area contributed by atoms with Crippen molar-refractivity contribution in [1.82, 2.24) is 9.78 Å². The largest absolute Gasteiger partial charge is 0.439 e. The number of aromatic nitrogens is 2. The lowest BCUT2D eigenvalue weighted by Gasteiger charge is -2.15. The zero-order valence-electron chi connectivity index (χ0n) is 15.5. The third-order valence-corrected chi connectivity index (χ3v) is 4.24. The van der Waals surface area contributed by atoms with Crippen LogP contribution >= 0.6 is 0 Å². The van der Waals surface area contributed by atoms with Gasteiger partial charge in [-0.25, -0.2) is 9.07 Å². The first-order valence-electron chi connectivity index (χ1n) is 8.75. The zero-order valence-corrected chi connectivity index (χ0v) is 15.5. The van der Waals surface area contributed by atoms with Crippen molar-refractivity contribution in [2.24, 2.45) is 11.8 Å². The van der Waals surface area contributed by atoms with E-state index in [-0.39, 0.29) is 5.82 Å². The van der Waals surface area contributed by atoms with E-state index in [1.165, 1.54) is 12.1 Å². The fraction of sp³-hybridized carbons (Fsp3) is 0.381. The van der Waals surface area contributed by atoms with Gasteiger partial charge in [-0.1, -0.05) is 26.0 Å². The minimum absolute atomic E-state index is 0.280. The summed E-state index contributed by atoms with van der Waals surface area (Å²) in [7, 11) is 0. The van der Waals surface area contributed by atoms with Crippen molar-refractivity contribution in [3.05, 3.63) is 60.6 Å². The molecule has 0 aliphatic carbocycles. The van der Waals surface area contributed by atoms with Gasteiger partial charge in [-0.15, -0.1) is 6.58 Å². The van der Waals surface area contributed by atoms with E-state index in [1.807, 2.05) is 23.7 Å². The van der Waals surface area contributed by atoms with Crippen molar-refractivity contribution in [1.29, 1.82) is 0 Å². The number of benzene rings is 1. The summed E-state index contributed by atoms with van der Waals surface area (Å²) in [6, 6.07) is 7.93. The highest BCUT2D eigenvalue weighted by molar-refractivity contribution is 5.61. The van der Waals surface area contributed by atoms with E-state index in [1.54, 1.807) is 12.1 Å². The summed E-state index contributed by atoms with van der Waals surface area (Å²) in [5.74, 6) is 1.94. The quantitative estimate of drug-likeness (QED) is 0.543. The highest BCUT2D eigenvalue weighted by Gasteiger charge is 2.14. The summed E-state index contributed by atoms with van der Waals surface area (Å²) in [5.41, 5.74) is 2.02. The van der Waals surface area contributed by atoms with Gasteiger partial charge in [0.05, 0.1) is 5.69 Å². The summed E-state index contributed by atoms with van der Waals surface area (Å²) < 4.78 is 20.7. The van der Waals surface area contributed by atoms with Crippen LogP contribution in [0.5, 0.6) is 11.6 Å². The molecular formula is C21H27FN2O. The molecule has 0 fully saturated rings. The van der Waals surface area contributed by atoms with E-state index in [0.717, 1.165) is 17.7 Å². The zero-order chi connectivity index (χ0) is 18.4. The van der Waals surface area contributed by atoms with Gasteiger partial charge >= 0.3 is 0 Å². The van der Waals surface area contributed by atoms with Crippen molar-refractivity contribution in [2.45, 2.75) is 40.7 Å². The summed E-state index contributed by atoms with van der Waals surface area (Å²) in [4.78, 5) is 0. The fourth-order valence-electron chi connectivity index (χ4n) is 2.66. The Morgan fingerprint density at radius 2 is 2.00 bits per heavy atom. The molecule has 3 nitrogen and oxygen atoms in total. The molecule has 1 unspecified atom stereocenters. The molecule has 0 amide bonds. The number of rotatable bonds is 8. The first-order chi connectivity index (χ1) is 11.9. The summed E-state index contributed by atoms with van der Waals surface area (Å²) in [5, 5.41) is 4.64. The van der Waals surface area contributed by atoms with Crippen LogP contribution in [0.1, 0.15) is 39.8 Å². The van der Waals surface area contributed by atoms with Gasteiger partial charge in [0.1, 0.15) is 11.6 Å². The number of aryl methyl sites for hydroxylation is 1. The van der Waals surface area contributed by atoms with Crippen molar-refractivity contribution >= 4 is 5.57 Å². The van der Waals surface area contributed by atoms with Gasteiger partial charge in [0.2, 0.25) is 5.88 Å². The Labute approximate surface area is 149 Å². The summed E-state index contributed by atoms with van der Waals surface area (Å²) in [6.07, 6.45) is 5.17. The average molecular weight is 342 g/mol. The minimum Gasteiger partial charge on any atom is -0.439 e. The van der Waals surface area contributed by atoms with Crippen LogP contribution in [-0.4, -0.2) is 9.78 Å². The van der Waals surface area contributed by atoms with E-state index >= 15 is 0 Å². The molecule has 134 valence electrons. The number of halogens is 1. The SMILES string of the molecule is C=CCC(/C=C(\C)c1cc(Oc2ccc(F)cc2)n(CC)n1)C(C)C. The second-order valence-electron chi connectivity index (χ2n) is 6.52. The lowest BCUT2D eigenvalue weighted by molar-refractivity contribution is 0.416. The van der Waals surface area contributed by atoms with Crippen LogP contribution in [0.25, 0.3) is 5.57 Å². The molecule has 2 rings (SSSR count). The Hall–Kier alpha value is -2.36. The van der Waals surface area contributed by atoms with Gasteiger partial charge in [0.15, 0.2) is 0 Å². The van der Waals surface area contributed by atoms with Gasteiger partial charge in [-0.2, -0.15) is 5.10 Å². The molecule has 1 aromatic carbocycles. The molecule has 1 heterocycles. The van der Waals surface area contributed by atoms with Gasteiger partial charge < -0.3 is 4.74 Å². The van der Waals surface area contributed by atoms with Crippen molar-refractivity contribution in [3.8, 4) is 11.6 Å². The third kappa shape index (κ3) is 5.05. The first-order valence-corrected chi connectivity index (χ1v) is 8.75. The molecule has 1 atom stereocenters. The van der Waals surface area contributed by atoms with Gasteiger partial charge in [0, 0.05) is 12.6 Å². The summed E-state index contributed by atoms with van der Waals surface area (Å²) in [6.45, 7) is 13.1. The molecule has 0 aliphatic heterocycles. The van der Waals surface area contributed by atoms with E-state index < -0.39 is 0 Å². The Bertz CT molecular complexity index is 729. The standard InChI is InChI=1S/C21H27FN2O/c1-6-8-17(15(3)4)13-16(5)20-14-21(24(7-2)23-20)25-19-11-9-18(22)10-12-19/h6,9-15,17H,1,7-8H2,2-5H3/b16-13+. The van der Waals surface area contributed by atoms with Crippen LogP contribution in [0.2, 0.25) is 0 Å². The molecule has 0 N–H and O–H groups in total. The van der Waals surface area contributed by atoms with Crippen molar-refractivity contribution in [3.63, 3.8) is 0 Å². The Morgan fingerprint density at radius 3 is 2.56 bits per heavy atom. The van der Waals surface area contributed by atoms with Crippen LogP contribution in [-0.2, 0) is 6.54 Å². The molecule has 0 radical (unpaired) electrons. The maximum atomic E-state index is 13.0. The minimum atomic E-state index is -0.280. The second-order valence-corrected chi connectivity index (χ2v) is 6.52. The monoisotopic (exact) mass is 342 g/mol. The lowest BCUT2D eigenvalue weighted by atomic mass is 9.90. The van der Waals surface area contributed by atoms with Gasteiger partial charge in [0.25, 0.3) is 0 Å². The molecule has 0 saturated heterocycles. The summed E-state index contributed by atoms with van der Waals surface area (Å²) >= 11 is 0. The Balaban J connectivity index is 2.26. The average Bonchev–Trinajstić information content (AvgIpc) is 2.99. The van der Waals surface area contributed by atoms with Gasteiger partial charge in [-0.05, 0) is 61.9 Å². The molecule has 0 saturated carbocycles. The number of allylic oxidation sites excluding steroid dienone is 3. The van der Waals surface area contributed by atoms with Gasteiger partial charge in [-0.3, -0.25) is 0 Å². The number of nitrogens with zero attached hydrogens (tertiary/aromatic N) is 2. The predicted octanol–water partition coefficient (Wildman–Crippen LogP) is 6.09. The maximum absolute atomic E-state index is 13.0. The molecule has 4 heteroatoms. The smallest absolute Gasteiger partial charge is 0.218 e. The molecule has 1 aromatic heterocycles. The third-order valence-electron chi connectivity index (χ3n) is 4.24. The molecule has 2 aromatic rings. The van der Waals surface area contributed by atoms with Crippen LogP contribution in [0.3, 0.4) is 0 Å². The Kier molecular flexibility index (Phi) is 6.57. The van der Waals surface area contributed by atoms with E-state index in [9.17, 15) is 4.39 Å². The van der Waals surface area contributed by atoms with E-state index in [2.05, 4.69) is 38.5 Å². The molecule has 0 spiro atoms. The molecule has 0 bridgehead atoms. The van der Waals surface area contributed by atoms with Crippen LogP contribution in [0.4, 0.5) is 4.39 Å². The topological polar surface area (TPSA) is 27.1 Å². The lowest BCUT2D eigenvalue weighted by Crippen LogP contribution is -2.05. The normalized spacial score (nSPS) is 13.1. The van der Waals surface area contributed by atoms with Crippen molar-refractivity contribution < 1.29 is 9.13 Å². The molecule has 25 heavy (non-hydrogen) atoms. The molecule has 0 aliphatic rings. The fourth-order valence-corrected chi connectivity index (χ4v) is 2.66. The number of hydrogen-bond acceptors (Lipinski definition) is 2.